The molecule has 11 aromatic rings. The zero-order valence-corrected chi connectivity index (χ0v) is 34.2. The minimum absolute atomic E-state index is 1.06. The molecule has 0 saturated heterocycles. The van der Waals surface area contributed by atoms with E-state index in [1.807, 2.05) is 0 Å². The van der Waals surface area contributed by atoms with E-state index in [2.05, 4.69) is 241 Å². The summed E-state index contributed by atoms with van der Waals surface area (Å²) in [6.07, 6.45) is 2.17. The fraction of sp³-hybridized carbons (Fsp3) is 0.0508. The number of aromatic nitrogens is 1. The van der Waals surface area contributed by atoms with Crippen LogP contribution in [-0.4, -0.2) is 4.57 Å². The van der Waals surface area contributed by atoms with E-state index in [1.54, 1.807) is 0 Å². The Morgan fingerprint density at radius 3 is 1.31 bits per heavy atom. The number of fused-ring (bicyclic) bond motifs is 5. The number of anilines is 3. The van der Waals surface area contributed by atoms with Crippen LogP contribution in [0.25, 0.3) is 82.4 Å². The Bertz CT molecular complexity index is 3230. The Morgan fingerprint density at radius 1 is 0.344 bits per heavy atom. The number of hydrogen-bond acceptors (Lipinski definition) is 1. The molecule has 11 rings (SSSR count). The van der Waals surface area contributed by atoms with Crippen molar-refractivity contribution in [3.8, 4) is 39.1 Å². The van der Waals surface area contributed by atoms with E-state index >= 15 is 0 Å². The van der Waals surface area contributed by atoms with Crippen LogP contribution in [0.3, 0.4) is 0 Å². The van der Waals surface area contributed by atoms with Crippen LogP contribution >= 0.6 is 0 Å². The summed E-state index contributed by atoms with van der Waals surface area (Å²) in [7, 11) is 0. The highest BCUT2D eigenvalue weighted by atomic mass is 15.1. The molecule has 0 radical (unpaired) electrons. The maximum Gasteiger partial charge on any atom is 0.0541 e. The molecule has 0 aliphatic carbocycles. The Kier molecular flexibility index (Phi) is 9.24. The lowest BCUT2D eigenvalue weighted by Crippen LogP contribution is -2.09. The Hall–Kier alpha value is -7.68. The van der Waals surface area contributed by atoms with E-state index in [9.17, 15) is 0 Å². The second-order valence-corrected chi connectivity index (χ2v) is 16.0. The first-order valence-corrected chi connectivity index (χ1v) is 21.4. The number of aryl methyl sites for hydroxylation is 1. The summed E-state index contributed by atoms with van der Waals surface area (Å²) in [4.78, 5) is 2.31. The van der Waals surface area contributed by atoms with E-state index in [1.165, 1.54) is 82.3 Å². The van der Waals surface area contributed by atoms with Crippen LogP contribution in [0.15, 0.2) is 224 Å². The smallest absolute Gasteiger partial charge is 0.0541 e. The van der Waals surface area contributed by atoms with Gasteiger partial charge in [-0.1, -0.05) is 165 Å². The quantitative estimate of drug-likeness (QED) is 0.132. The zero-order valence-electron chi connectivity index (χ0n) is 34.2. The number of para-hydroxylation sites is 2. The van der Waals surface area contributed by atoms with Gasteiger partial charge in [0, 0.05) is 33.5 Å². The lowest BCUT2D eigenvalue weighted by Gasteiger charge is -2.25. The van der Waals surface area contributed by atoms with Crippen LogP contribution in [0.4, 0.5) is 17.1 Å². The molecule has 10 aromatic carbocycles. The third kappa shape index (κ3) is 6.45. The average Bonchev–Trinajstić information content (AvgIpc) is 3.65. The molecule has 0 unspecified atom stereocenters. The van der Waals surface area contributed by atoms with Crippen LogP contribution in [0.5, 0.6) is 0 Å². The first-order valence-electron chi connectivity index (χ1n) is 21.4. The predicted molar refractivity (Wildman–Crippen MR) is 261 cm³/mol. The molecule has 1 aromatic heterocycles. The van der Waals surface area contributed by atoms with Crippen molar-refractivity contribution < 1.29 is 0 Å². The van der Waals surface area contributed by atoms with Gasteiger partial charge in [-0.25, -0.2) is 0 Å². The van der Waals surface area contributed by atoms with Gasteiger partial charge in [0.25, 0.3) is 0 Å². The maximum atomic E-state index is 2.45. The standard InChI is InChI=1S/C59H44N2/c1-2-16-41-27-37-56-54(39-41)55-40-45(42-28-33-48(34-29-42)60(46-19-8-4-9-20-46)47-21-10-5-11-22-47)32-38-57(55)61(56)49-35-30-44(31-36-49)59-52-25-14-12-23-50(52)58(43-17-6-3-7-18-43)51-24-13-15-26-53(51)59/h3-15,17-40H,2,16H2,1H3. The largest absolute Gasteiger partial charge is 0.311 e. The zero-order chi connectivity index (χ0) is 40.7. The Labute approximate surface area is 357 Å². The molecule has 2 heteroatoms. The van der Waals surface area contributed by atoms with Gasteiger partial charge in [0.1, 0.15) is 0 Å². The number of benzene rings is 10. The minimum Gasteiger partial charge on any atom is -0.311 e. The summed E-state index contributed by atoms with van der Waals surface area (Å²) in [6, 6.07) is 82.1. The minimum atomic E-state index is 1.06. The van der Waals surface area contributed by atoms with Gasteiger partial charge in [-0.15, -0.1) is 0 Å². The highest BCUT2D eigenvalue weighted by molar-refractivity contribution is 6.21. The summed E-state index contributed by atoms with van der Waals surface area (Å²) in [5.41, 5.74) is 15.8. The van der Waals surface area contributed by atoms with E-state index in [0.717, 1.165) is 35.6 Å². The van der Waals surface area contributed by atoms with Crippen LogP contribution in [-0.2, 0) is 6.42 Å². The molecule has 2 nitrogen and oxygen atoms in total. The average molecular weight is 781 g/mol. The van der Waals surface area contributed by atoms with Crippen molar-refractivity contribution in [3.63, 3.8) is 0 Å². The second-order valence-electron chi connectivity index (χ2n) is 16.0. The third-order valence-electron chi connectivity index (χ3n) is 12.3. The molecule has 0 bridgehead atoms. The highest BCUT2D eigenvalue weighted by Gasteiger charge is 2.19. The van der Waals surface area contributed by atoms with Crippen molar-refractivity contribution in [2.45, 2.75) is 19.8 Å². The number of rotatable bonds is 9. The molecule has 61 heavy (non-hydrogen) atoms. The Morgan fingerprint density at radius 2 is 0.770 bits per heavy atom. The topological polar surface area (TPSA) is 8.17 Å². The molecule has 290 valence electrons. The van der Waals surface area contributed by atoms with E-state index in [4.69, 9.17) is 0 Å². The van der Waals surface area contributed by atoms with Crippen LogP contribution in [0.1, 0.15) is 18.9 Å². The number of nitrogens with zero attached hydrogens (tertiary/aromatic N) is 2. The third-order valence-corrected chi connectivity index (χ3v) is 12.3. The van der Waals surface area contributed by atoms with Gasteiger partial charge in [0.05, 0.1) is 11.0 Å². The van der Waals surface area contributed by atoms with Crippen LogP contribution < -0.4 is 4.90 Å². The first kappa shape index (κ1) is 36.4. The van der Waals surface area contributed by atoms with Crippen molar-refractivity contribution in [1.29, 1.82) is 0 Å². The van der Waals surface area contributed by atoms with Gasteiger partial charge in [-0.05, 0) is 140 Å². The fourth-order valence-electron chi connectivity index (χ4n) is 9.51. The molecule has 1 heterocycles. The van der Waals surface area contributed by atoms with Gasteiger partial charge in [0.15, 0.2) is 0 Å². The molecule has 0 N–H and O–H groups in total. The molecule has 0 atom stereocenters. The summed E-state index contributed by atoms with van der Waals surface area (Å²) >= 11 is 0. The van der Waals surface area contributed by atoms with Gasteiger partial charge in [-0.3, -0.25) is 0 Å². The van der Waals surface area contributed by atoms with Crippen molar-refractivity contribution in [3.05, 3.63) is 230 Å². The van der Waals surface area contributed by atoms with Crippen LogP contribution in [0.2, 0.25) is 0 Å². The van der Waals surface area contributed by atoms with Crippen molar-refractivity contribution in [1.82, 2.24) is 4.57 Å². The number of hydrogen-bond donors (Lipinski definition) is 0. The molecule has 0 amide bonds. The van der Waals surface area contributed by atoms with E-state index < -0.39 is 0 Å². The molecule has 0 aliphatic rings. The molecule has 0 spiro atoms. The molecular formula is C59H44N2. The van der Waals surface area contributed by atoms with Crippen molar-refractivity contribution >= 4 is 60.4 Å². The predicted octanol–water partition coefficient (Wildman–Crippen LogP) is 16.5. The summed E-state index contributed by atoms with van der Waals surface area (Å²) in [5.74, 6) is 0. The summed E-state index contributed by atoms with van der Waals surface area (Å²) in [5, 5.41) is 7.63. The Balaban J connectivity index is 1.02. The molecule has 0 aliphatic heterocycles. The lowest BCUT2D eigenvalue weighted by molar-refractivity contribution is 0.923. The first-order chi connectivity index (χ1) is 30.2. The second kappa shape index (κ2) is 15.5. The molecular weight excluding hydrogens is 737 g/mol. The lowest BCUT2D eigenvalue weighted by atomic mass is 9.86. The summed E-state index contributed by atoms with van der Waals surface area (Å²) in [6.45, 7) is 2.26. The summed E-state index contributed by atoms with van der Waals surface area (Å²) < 4.78 is 2.45. The maximum absolute atomic E-state index is 2.45. The fourth-order valence-corrected chi connectivity index (χ4v) is 9.51. The monoisotopic (exact) mass is 780 g/mol. The SMILES string of the molecule is CCCc1ccc2c(c1)c1cc(-c3ccc(N(c4ccccc4)c4ccccc4)cc3)ccc1n2-c1ccc(-c2c3ccccc3c(-c3ccccc3)c3ccccc23)cc1. The van der Waals surface area contributed by atoms with Crippen molar-refractivity contribution in [2.75, 3.05) is 4.90 Å². The van der Waals surface area contributed by atoms with E-state index in [-0.39, 0.29) is 0 Å². The van der Waals surface area contributed by atoms with Gasteiger partial charge < -0.3 is 9.47 Å². The van der Waals surface area contributed by atoms with Gasteiger partial charge in [-0.2, -0.15) is 0 Å². The molecule has 0 saturated carbocycles. The van der Waals surface area contributed by atoms with Gasteiger partial charge in [0.2, 0.25) is 0 Å². The normalized spacial score (nSPS) is 11.5. The van der Waals surface area contributed by atoms with Crippen molar-refractivity contribution in [2.24, 2.45) is 0 Å². The highest BCUT2D eigenvalue weighted by Crippen LogP contribution is 2.44. The molecule has 0 fully saturated rings. The van der Waals surface area contributed by atoms with E-state index in [0.29, 0.717) is 0 Å². The van der Waals surface area contributed by atoms with Gasteiger partial charge >= 0.3 is 0 Å². The van der Waals surface area contributed by atoms with Crippen LogP contribution in [0, 0.1) is 0 Å².